The number of amides is 1. The lowest BCUT2D eigenvalue weighted by Gasteiger charge is -2.39. The Labute approximate surface area is 179 Å². The zero-order valence-electron chi connectivity index (χ0n) is 17.9. The molecular weight excluding hydrogens is 374 g/mol. The maximum Gasteiger partial charge on any atom is 0.237 e. The highest BCUT2D eigenvalue weighted by Gasteiger charge is 2.28. The van der Waals surface area contributed by atoms with Crippen molar-refractivity contribution in [3.8, 4) is 0 Å². The molecule has 2 aromatic rings. The monoisotopic (exact) mass is 405 g/mol. The van der Waals surface area contributed by atoms with Gasteiger partial charge in [-0.25, -0.2) is 0 Å². The molecular formula is C25H31N3O2. The van der Waals surface area contributed by atoms with E-state index in [0.29, 0.717) is 0 Å². The van der Waals surface area contributed by atoms with Crippen molar-refractivity contribution in [1.82, 2.24) is 10.2 Å². The number of nitrogens with one attached hydrogen (secondary N) is 1. The third-order valence-corrected chi connectivity index (χ3v) is 6.57. The van der Waals surface area contributed by atoms with E-state index in [1.807, 2.05) is 31.2 Å². The number of anilines is 1. The molecule has 0 unspecified atom stereocenters. The predicted molar refractivity (Wildman–Crippen MR) is 120 cm³/mol. The first-order valence-electron chi connectivity index (χ1n) is 11.0. The first-order valence-corrected chi connectivity index (χ1v) is 11.0. The van der Waals surface area contributed by atoms with Gasteiger partial charge in [0.05, 0.1) is 12.1 Å². The Bertz CT molecular complexity index is 901. The van der Waals surface area contributed by atoms with Crippen molar-refractivity contribution in [2.75, 3.05) is 31.1 Å². The molecule has 5 nitrogen and oxygen atoms in total. The van der Waals surface area contributed by atoms with Crippen molar-refractivity contribution in [2.24, 2.45) is 0 Å². The smallest absolute Gasteiger partial charge is 0.237 e. The van der Waals surface area contributed by atoms with Crippen LogP contribution in [0.15, 0.2) is 48.5 Å². The summed E-state index contributed by atoms with van der Waals surface area (Å²) in [5.41, 5.74) is 4.52. The molecule has 1 aliphatic heterocycles. The average molecular weight is 406 g/mol. The molecule has 1 aliphatic carbocycles. The van der Waals surface area contributed by atoms with E-state index in [-0.39, 0.29) is 23.8 Å². The summed E-state index contributed by atoms with van der Waals surface area (Å²) in [5.74, 6) is 0.211. The van der Waals surface area contributed by atoms with Gasteiger partial charge < -0.3 is 10.2 Å². The number of carbonyl (C=O) groups excluding carboxylic acids is 2. The highest BCUT2D eigenvalue weighted by Crippen LogP contribution is 2.29. The molecule has 0 aromatic heterocycles. The van der Waals surface area contributed by atoms with Crippen LogP contribution in [0.2, 0.25) is 0 Å². The van der Waals surface area contributed by atoms with Gasteiger partial charge in [-0.2, -0.15) is 0 Å². The number of hydrogen-bond acceptors (Lipinski definition) is 4. The van der Waals surface area contributed by atoms with E-state index in [4.69, 9.17) is 0 Å². The highest BCUT2D eigenvalue weighted by atomic mass is 16.2. The summed E-state index contributed by atoms with van der Waals surface area (Å²) in [5, 5.41) is 3.31. The van der Waals surface area contributed by atoms with Gasteiger partial charge in [-0.05, 0) is 68.5 Å². The zero-order valence-corrected chi connectivity index (χ0v) is 17.9. The van der Waals surface area contributed by atoms with Crippen LogP contribution in [-0.2, 0) is 11.2 Å². The second kappa shape index (κ2) is 9.00. The molecule has 1 heterocycles. The van der Waals surface area contributed by atoms with Crippen LogP contribution < -0.4 is 10.2 Å². The van der Waals surface area contributed by atoms with E-state index in [1.165, 1.54) is 11.1 Å². The summed E-state index contributed by atoms with van der Waals surface area (Å²) < 4.78 is 0. The van der Waals surface area contributed by atoms with E-state index in [1.54, 1.807) is 6.92 Å². The first kappa shape index (κ1) is 20.6. The van der Waals surface area contributed by atoms with Gasteiger partial charge in [0.2, 0.25) is 5.91 Å². The number of carbonyl (C=O) groups is 2. The number of hydrogen-bond donors (Lipinski definition) is 1. The molecule has 0 spiro atoms. The first-order chi connectivity index (χ1) is 14.5. The predicted octanol–water partition coefficient (Wildman–Crippen LogP) is 3.59. The average Bonchev–Trinajstić information content (AvgIpc) is 2.79. The summed E-state index contributed by atoms with van der Waals surface area (Å²) in [7, 11) is 0. The maximum atomic E-state index is 13.0. The Hall–Kier alpha value is -2.66. The van der Waals surface area contributed by atoms with E-state index >= 15 is 0 Å². The van der Waals surface area contributed by atoms with Crippen LogP contribution in [0.1, 0.15) is 54.2 Å². The van der Waals surface area contributed by atoms with Crippen LogP contribution in [0.5, 0.6) is 0 Å². The minimum atomic E-state index is -0.138. The molecule has 158 valence electrons. The molecule has 5 heteroatoms. The fourth-order valence-corrected chi connectivity index (χ4v) is 4.64. The number of piperazine rings is 1. The lowest BCUT2D eigenvalue weighted by Crippen LogP contribution is -2.54. The van der Waals surface area contributed by atoms with Gasteiger partial charge in [0.25, 0.3) is 0 Å². The molecule has 1 fully saturated rings. The zero-order chi connectivity index (χ0) is 21.1. The van der Waals surface area contributed by atoms with E-state index < -0.39 is 0 Å². The van der Waals surface area contributed by atoms with Gasteiger partial charge in [-0.15, -0.1) is 0 Å². The van der Waals surface area contributed by atoms with Gasteiger partial charge >= 0.3 is 0 Å². The van der Waals surface area contributed by atoms with Crippen molar-refractivity contribution in [1.29, 1.82) is 0 Å². The normalized spacial score (nSPS) is 20.3. The topological polar surface area (TPSA) is 52.7 Å². The Morgan fingerprint density at radius 1 is 1.00 bits per heavy atom. The summed E-state index contributed by atoms with van der Waals surface area (Å²) in [6.45, 7) is 7.06. The van der Waals surface area contributed by atoms with E-state index in [2.05, 4.69) is 39.4 Å². The van der Waals surface area contributed by atoms with Crippen molar-refractivity contribution in [2.45, 2.75) is 45.2 Å². The molecule has 1 N–H and O–H groups in total. The number of benzene rings is 2. The molecule has 4 rings (SSSR count). The number of ketones is 1. The van der Waals surface area contributed by atoms with Crippen LogP contribution in [0.25, 0.3) is 0 Å². The van der Waals surface area contributed by atoms with Crippen LogP contribution >= 0.6 is 0 Å². The minimum Gasteiger partial charge on any atom is -0.369 e. The van der Waals surface area contributed by atoms with Crippen LogP contribution in [0.4, 0.5) is 5.69 Å². The third kappa shape index (κ3) is 4.41. The number of fused-ring (bicyclic) bond motifs is 1. The van der Waals surface area contributed by atoms with Gasteiger partial charge in [0.1, 0.15) is 0 Å². The standard InChI is InChI=1S/C25H31N3O2/c1-18(25(30)26-24-9-5-7-21-6-3-4-8-23(21)24)27-14-16-28(17-15-27)22-12-10-20(11-13-22)19(2)29/h3-4,6,8,10-13,18,24H,5,7,9,14-17H2,1-2H3,(H,26,30)/t18-,24-/m1/s1. The van der Waals surface area contributed by atoms with Crippen LogP contribution in [-0.4, -0.2) is 48.8 Å². The van der Waals surface area contributed by atoms with Gasteiger partial charge in [-0.1, -0.05) is 24.3 Å². The van der Waals surface area contributed by atoms with Crippen molar-refractivity contribution < 1.29 is 9.59 Å². The minimum absolute atomic E-state index is 0.0896. The molecule has 0 saturated carbocycles. The molecule has 1 saturated heterocycles. The molecule has 2 aromatic carbocycles. The molecule has 30 heavy (non-hydrogen) atoms. The van der Waals surface area contributed by atoms with Gasteiger partial charge in [-0.3, -0.25) is 14.5 Å². The van der Waals surface area contributed by atoms with Crippen LogP contribution in [0, 0.1) is 0 Å². The van der Waals surface area contributed by atoms with E-state index in [9.17, 15) is 9.59 Å². The fraction of sp³-hybridized carbons (Fsp3) is 0.440. The number of nitrogens with zero attached hydrogens (tertiary/aromatic N) is 2. The Kier molecular flexibility index (Phi) is 6.18. The summed E-state index contributed by atoms with van der Waals surface area (Å²) in [6.07, 6.45) is 3.24. The Balaban J connectivity index is 1.32. The summed E-state index contributed by atoms with van der Waals surface area (Å²) in [6, 6.07) is 16.3. The van der Waals surface area contributed by atoms with E-state index in [0.717, 1.165) is 56.7 Å². The van der Waals surface area contributed by atoms with Crippen molar-refractivity contribution in [3.05, 3.63) is 65.2 Å². The highest BCUT2D eigenvalue weighted by molar-refractivity contribution is 5.94. The molecule has 0 bridgehead atoms. The Morgan fingerprint density at radius 3 is 2.40 bits per heavy atom. The second-order valence-corrected chi connectivity index (χ2v) is 8.45. The number of Topliss-reactive ketones (excluding diaryl/α,β-unsaturated/α-hetero) is 1. The summed E-state index contributed by atoms with van der Waals surface area (Å²) in [4.78, 5) is 29.0. The third-order valence-electron chi connectivity index (χ3n) is 6.57. The van der Waals surface area contributed by atoms with Crippen LogP contribution in [0.3, 0.4) is 0 Å². The fourth-order valence-electron chi connectivity index (χ4n) is 4.64. The molecule has 2 atom stereocenters. The van der Waals surface area contributed by atoms with Crippen molar-refractivity contribution in [3.63, 3.8) is 0 Å². The Morgan fingerprint density at radius 2 is 1.70 bits per heavy atom. The lowest BCUT2D eigenvalue weighted by atomic mass is 9.87. The maximum absolute atomic E-state index is 13.0. The van der Waals surface area contributed by atoms with Crippen molar-refractivity contribution >= 4 is 17.4 Å². The van der Waals surface area contributed by atoms with Gasteiger partial charge in [0.15, 0.2) is 5.78 Å². The van der Waals surface area contributed by atoms with Gasteiger partial charge in [0, 0.05) is 37.4 Å². The second-order valence-electron chi connectivity index (χ2n) is 8.45. The molecule has 1 amide bonds. The molecule has 0 radical (unpaired) electrons. The summed E-state index contributed by atoms with van der Waals surface area (Å²) >= 11 is 0. The largest absolute Gasteiger partial charge is 0.369 e. The lowest BCUT2D eigenvalue weighted by molar-refractivity contribution is -0.126. The SMILES string of the molecule is CC(=O)c1ccc(N2CCN([C@H](C)C(=O)N[C@@H]3CCCc4ccccc43)CC2)cc1. The number of aryl methyl sites for hydroxylation is 1. The molecule has 2 aliphatic rings. The quantitative estimate of drug-likeness (QED) is 0.773. The number of rotatable bonds is 5.